The molecule has 0 aromatic heterocycles. The summed E-state index contributed by atoms with van der Waals surface area (Å²) in [6.45, 7) is 0.969. The molecule has 0 radical (unpaired) electrons. The number of nitrogens with two attached hydrogens (primary N) is 1. The molecule has 10 heteroatoms. The van der Waals surface area contributed by atoms with E-state index in [2.05, 4.69) is 11.4 Å². The highest BCUT2D eigenvalue weighted by Gasteiger charge is 2.31. The summed E-state index contributed by atoms with van der Waals surface area (Å²) in [7, 11) is 0. The van der Waals surface area contributed by atoms with E-state index in [1.165, 1.54) is 24.3 Å². The van der Waals surface area contributed by atoms with E-state index in [4.69, 9.17) is 15.7 Å². The number of nitriles is 1. The van der Waals surface area contributed by atoms with Crippen molar-refractivity contribution in [3.63, 3.8) is 0 Å². The van der Waals surface area contributed by atoms with E-state index < -0.39 is 17.1 Å². The fourth-order valence-electron chi connectivity index (χ4n) is 3.09. The maximum atomic E-state index is 12.3. The Balaban J connectivity index is 1.58. The predicted molar refractivity (Wildman–Crippen MR) is 103 cm³/mol. The van der Waals surface area contributed by atoms with Crippen molar-refractivity contribution in [3.05, 3.63) is 39.9 Å². The van der Waals surface area contributed by atoms with Gasteiger partial charge in [-0.3, -0.25) is 14.9 Å². The average Bonchev–Trinajstić information content (AvgIpc) is 3.20. The summed E-state index contributed by atoms with van der Waals surface area (Å²) in [5, 5.41) is 22.3. The van der Waals surface area contributed by atoms with E-state index in [1.807, 2.05) is 0 Å². The highest BCUT2D eigenvalue weighted by Crippen LogP contribution is 2.18. The lowest BCUT2D eigenvalue weighted by molar-refractivity contribution is -0.384. The molecule has 1 heterocycles. The van der Waals surface area contributed by atoms with Crippen molar-refractivity contribution < 1.29 is 19.2 Å². The number of nitrogens with zero attached hydrogens (tertiary/aromatic N) is 3. The number of carbonyl (C=O) groups is 2. The van der Waals surface area contributed by atoms with Crippen LogP contribution in [0, 0.1) is 21.4 Å². The summed E-state index contributed by atoms with van der Waals surface area (Å²) >= 11 is 0. The van der Waals surface area contributed by atoms with E-state index in [9.17, 15) is 19.7 Å². The number of nitro groups is 1. The number of nitrogens with one attached hydrogen (secondary N) is 1. The molecule has 1 aliphatic rings. The summed E-state index contributed by atoms with van der Waals surface area (Å²) in [4.78, 5) is 35.6. The first-order valence-corrected chi connectivity index (χ1v) is 9.52. The second kappa shape index (κ2) is 11.0. The predicted octanol–water partition coefficient (Wildman–Crippen LogP) is 1.83. The number of unbranched alkanes of at least 4 members (excludes halogenated alkanes) is 1. The van der Waals surface area contributed by atoms with E-state index in [1.54, 1.807) is 4.90 Å². The van der Waals surface area contributed by atoms with Crippen LogP contribution in [0.5, 0.6) is 0 Å². The lowest BCUT2D eigenvalue weighted by Crippen LogP contribution is -2.45. The Bertz CT molecular complexity index is 761. The number of carbonyl (C=O) groups excluding carboxylic acids is 2. The first-order chi connectivity index (χ1) is 13.9. The van der Waals surface area contributed by atoms with Crippen LogP contribution in [0.15, 0.2) is 24.3 Å². The molecular weight excluding hydrogens is 378 g/mol. The van der Waals surface area contributed by atoms with Gasteiger partial charge in [0.25, 0.3) is 5.69 Å². The number of hydrogen-bond acceptors (Lipinski definition) is 7. The minimum Gasteiger partial charge on any atom is -0.445 e. The third kappa shape index (κ3) is 6.73. The summed E-state index contributed by atoms with van der Waals surface area (Å²) in [6, 6.07) is 6.87. The van der Waals surface area contributed by atoms with E-state index in [0.29, 0.717) is 44.3 Å². The number of rotatable bonds is 9. The fourth-order valence-corrected chi connectivity index (χ4v) is 3.09. The van der Waals surface area contributed by atoms with Crippen molar-refractivity contribution in [2.45, 2.75) is 50.8 Å². The summed E-state index contributed by atoms with van der Waals surface area (Å²) in [6.07, 6.45) is 2.70. The molecule has 1 aromatic carbocycles. The van der Waals surface area contributed by atoms with Gasteiger partial charge in [0.2, 0.25) is 5.91 Å². The van der Waals surface area contributed by atoms with Crippen molar-refractivity contribution in [2.75, 3.05) is 13.1 Å². The lowest BCUT2D eigenvalue weighted by Gasteiger charge is -2.23. The molecule has 0 bridgehead atoms. The zero-order valence-corrected chi connectivity index (χ0v) is 16.1. The first kappa shape index (κ1) is 22.1. The van der Waals surface area contributed by atoms with Crippen LogP contribution in [0.25, 0.3) is 0 Å². The van der Waals surface area contributed by atoms with Crippen LogP contribution < -0.4 is 11.1 Å². The van der Waals surface area contributed by atoms with Gasteiger partial charge in [-0.2, -0.15) is 5.26 Å². The van der Waals surface area contributed by atoms with Crippen LogP contribution in [-0.4, -0.2) is 47.0 Å². The smallest absolute Gasteiger partial charge is 0.407 e. The standard InChI is InChI=1S/C19H25N5O5/c20-12-16-4-3-11-23(16)18(25)17(21)5-1-2-10-22-19(26)29-13-14-6-8-15(9-7-14)24(27)28/h6-9,16-17H,1-5,10-11,13,21H2,(H,22,26). The number of non-ortho nitro benzene ring substituents is 1. The van der Waals surface area contributed by atoms with Gasteiger partial charge in [-0.1, -0.05) is 0 Å². The summed E-state index contributed by atoms with van der Waals surface area (Å²) in [5.41, 5.74) is 6.56. The fraction of sp³-hybridized carbons (Fsp3) is 0.526. The highest BCUT2D eigenvalue weighted by molar-refractivity contribution is 5.82. The van der Waals surface area contributed by atoms with Gasteiger partial charge in [-0.05, 0) is 49.8 Å². The van der Waals surface area contributed by atoms with Gasteiger partial charge in [-0.15, -0.1) is 0 Å². The maximum absolute atomic E-state index is 12.3. The van der Waals surface area contributed by atoms with Crippen molar-refractivity contribution >= 4 is 17.7 Å². The molecule has 1 fully saturated rings. The van der Waals surface area contributed by atoms with Crippen LogP contribution in [0.2, 0.25) is 0 Å². The average molecular weight is 403 g/mol. The Hall–Kier alpha value is -3.19. The number of likely N-dealkylation sites (tertiary alicyclic amines) is 1. The Morgan fingerprint density at radius 3 is 2.76 bits per heavy atom. The zero-order chi connectivity index (χ0) is 21.2. The van der Waals surface area contributed by atoms with Crippen LogP contribution in [0.1, 0.15) is 37.7 Å². The van der Waals surface area contributed by atoms with Crippen molar-refractivity contribution in [1.82, 2.24) is 10.2 Å². The Labute approximate surface area is 168 Å². The molecule has 2 rings (SSSR count). The molecule has 0 saturated carbocycles. The van der Waals surface area contributed by atoms with Gasteiger partial charge >= 0.3 is 6.09 Å². The van der Waals surface area contributed by atoms with Crippen LogP contribution >= 0.6 is 0 Å². The van der Waals surface area contributed by atoms with Crippen LogP contribution in [0.3, 0.4) is 0 Å². The molecule has 2 unspecified atom stereocenters. The van der Waals surface area contributed by atoms with Crippen molar-refractivity contribution in [1.29, 1.82) is 5.26 Å². The molecule has 2 amide bonds. The maximum Gasteiger partial charge on any atom is 0.407 e. The van der Waals surface area contributed by atoms with E-state index in [-0.39, 0.29) is 24.2 Å². The summed E-state index contributed by atoms with van der Waals surface area (Å²) < 4.78 is 5.05. The van der Waals surface area contributed by atoms with E-state index >= 15 is 0 Å². The summed E-state index contributed by atoms with van der Waals surface area (Å²) in [5.74, 6) is -0.190. The Morgan fingerprint density at radius 1 is 1.38 bits per heavy atom. The molecule has 10 nitrogen and oxygen atoms in total. The number of nitro benzene ring substituents is 1. The van der Waals surface area contributed by atoms with Gasteiger partial charge in [0.05, 0.1) is 17.0 Å². The minimum atomic E-state index is -0.641. The minimum absolute atomic E-state index is 0.0130. The number of alkyl carbamates (subject to hydrolysis) is 1. The van der Waals surface area contributed by atoms with Gasteiger partial charge in [0.15, 0.2) is 0 Å². The lowest BCUT2D eigenvalue weighted by atomic mass is 10.1. The van der Waals surface area contributed by atoms with Crippen molar-refractivity contribution in [2.24, 2.45) is 5.73 Å². The van der Waals surface area contributed by atoms with Gasteiger partial charge in [0, 0.05) is 25.2 Å². The third-order valence-corrected chi connectivity index (χ3v) is 4.73. The number of hydrogen-bond donors (Lipinski definition) is 2. The molecule has 1 aliphatic heterocycles. The SMILES string of the molecule is N#CC1CCCN1C(=O)C(N)CCCCNC(=O)OCc1ccc([N+](=O)[O-])cc1. The van der Waals surface area contributed by atoms with E-state index in [0.717, 1.165) is 6.42 Å². The van der Waals surface area contributed by atoms with Gasteiger partial charge in [-0.25, -0.2) is 4.79 Å². The van der Waals surface area contributed by atoms with Gasteiger partial charge in [0.1, 0.15) is 12.6 Å². The largest absolute Gasteiger partial charge is 0.445 e. The zero-order valence-electron chi connectivity index (χ0n) is 16.1. The molecular formula is C19H25N5O5. The second-order valence-corrected chi connectivity index (χ2v) is 6.85. The Morgan fingerprint density at radius 2 is 2.10 bits per heavy atom. The Kier molecular flexibility index (Phi) is 8.36. The second-order valence-electron chi connectivity index (χ2n) is 6.85. The topological polar surface area (TPSA) is 152 Å². The normalized spacial score (nSPS) is 16.7. The molecule has 1 saturated heterocycles. The molecule has 156 valence electrons. The molecule has 2 atom stereocenters. The quantitative estimate of drug-likeness (QED) is 0.362. The molecule has 29 heavy (non-hydrogen) atoms. The number of amides is 2. The first-order valence-electron chi connectivity index (χ1n) is 9.52. The number of benzene rings is 1. The molecule has 0 aliphatic carbocycles. The van der Waals surface area contributed by atoms with Crippen LogP contribution in [0.4, 0.5) is 10.5 Å². The molecule has 3 N–H and O–H groups in total. The van der Waals surface area contributed by atoms with Gasteiger partial charge < -0.3 is 20.7 Å². The molecule has 1 aromatic rings. The van der Waals surface area contributed by atoms with Crippen molar-refractivity contribution in [3.8, 4) is 6.07 Å². The third-order valence-electron chi connectivity index (χ3n) is 4.73. The highest BCUT2D eigenvalue weighted by atomic mass is 16.6. The molecule has 0 spiro atoms. The monoisotopic (exact) mass is 403 g/mol. The van der Waals surface area contributed by atoms with Crippen LogP contribution in [-0.2, 0) is 16.1 Å². The number of ether oxygens (including phenoxy) is 1.